The van der Waals surface area contributed by atoms with E-state index in [0.29, 0.717) is 11.3 Å². The van der Waals surface area contributed by atoms with Gasteiger partial charge in [0.05, 0.1) is 23.0 Å². The number of hydrogen-bond donors (Lipinski definition) is 3. The van der Waals surface area contributed by atoms with E-state index in [0.717, 1.165) is 0 Å². The summed E-state index contributed by atoms with van der Waals surface area (Å²) in [5, 5.41) is 8.81. The number of hydrogen-bond acceptors (Lipinski definition) is 5. The van der Waals surface area contributed by atoms with E-state index in [2.05, 4.69) is 10.1 Å². The predicted molar refractivity (Wildman–Crippen MR) is 76.2 cm³/mol. The van der Waals surface area contributed by atoms with Gasteiger partial charge in [-0.25, -0.2) is 8.42 Å². The number of rotatable bonds is 4. The molecule has 0 atom stereocenters. The lowest BCUT2D eigenvalue weighted by Gasteiger charge is -2.11. The minimum atomic E-state index is -3.78. The molecule has 0 aliphatic rings. The lowest BCUT2D eigenvalue weighted by atomic mass is 10.2. The van der Waals surface area contributed by atoms with Crippen molar-refractivity contribution in [2.45, 2.75) is 4.90 Å². The Morgan fingerprint density at radius 3 is 2.55 bits per heavy atom. The van der Waals surface area contributed by atoms with Gasteiger partial charge in [-0.3, -0.25) is 10.6 Å². The summed E-state index contributed by atoms with van der Waals surface area (Å²) in [7, 11) is -3.78. The third-order valence-corrected chi connectivity index (χ3v) is 4.02. The van der Waals surface area contributed by atoms with Crippen LogP contribution in [0, 0.1) is 11.3 Å². The first kappa shape index (κ1) is 13.9. The third-order valence-electron chi connectivity index (χ3n) is 2.58. The lowest BCUT2D eigenvalue weighted by Crippen LogP contribution is -2.17. The Morgan fingerprint density at radius 2 is 1.85 bits per heavy atom. The van der Waals surface area contributed by atoms with Gasteiger partial charge < -0.3 is 5.43 Å². The molecule has 2 rings (SSSR count). The van der Waals surface area contributed by atoms with Crippen molar-refractivity contribution in [1.82, 2.24) is 0 Å². The van der Waals surface area contributed by atoms with Crippen LogP contribution in [0.15, 0.2) is 53.4 Å². The summed E-state index contributed by atoms with van der Waals surface area (Å²) in [6.45, 7) is 0. The van der Waals surface area contributed by atoms with Gasteiger partial charge >= 0.3 is 0 Å². The van der Waals surface area contributed by atoms with E-state index < -0.39 is 10.0 Å². The molecule has 0 aliphatic heterocycles. The van der Waals surface area contributed by atoms with Crippen molar-refractivity contribution in [3.05, 3.63) is 54.1 Å². The van der Waals surface area contributed by atoms with Gasteiger partial charge in [-0.05, 0) is 30.3 Å². The zero-order chi connectivity index (χ0) is 14.6. The Balaban J connectivity index is 2.38. The molecule has 2 aromatic rings. The topological polar surface area (TPSA) is 108 Å². The largest absolute Gasteiger partial charge is 0.323 e. The van der Waals surface area contributed by atoms with E-state index in [9.17, 15) is 8.42 Å². The van der Waals surface area contributed by atoms with Gasteiger partial charge in [0.1, 0.15) is 4.90 Å². The summed E-state index contributed by atoms with van der Waals surface area (Å²) in [6, 6.07) is 14.4. The van der Waals surface area contributed by atoms with Crippen molar-refractivity contribution in [2.75, 3.05) is 10.1 Å². The van der Waals surface area contributed by atoms with Crippen molar-refractivity contribution in [3.8, 4) is 6.07 Å². The molecule has 0 amide bonds. The number of nitrogens with zero attached hydrogens (tertiary/aromatic N) is 1. The molecule has 0 aliphatic carbocycles. The van der Waals surface area contributed by atoms with Crippen molar-refractivity contribution in [3.63, 3.8) is 0 Å². The first-order valence-electron chi connectivity index (χ1n) is 5.65. The van der Waals surface area contributed by atoms with E-state index in [1.54, 1.807) is 36.4 Å². The van der Waals surface area contributed by atoms with E-state index in [4.69, 9.17) is 11.1 Å². The second-order valence-corrected chi connectivity index (χ2v) is 5.59. The molecule has 7 heteroatoms. The number of nitriles is 1. The fourth-order valence-corrected chi connectivity index (χ4v) is 2.90. The SMILES string of the molecule is N#Cc1cccc(NS(=O)(=O)c2ccccc2NN)c1. The Kier molecular flexibility index (Phi) is 3.89. The van der Waals surface area contributed by atoms with Gasteiger partial charge in [0.2, 0.25) is 0 Å². The fourth-order valence-electron chi connectivity index (χ4n) is 1.68. The Bertz CT molecular complexity index is 766. The number of anilines is 2. The van der Waals surface area contributed by atoms with Crippen LogP contribution in [0.4, 0.5) is 11.4 Å². The maximum atomic E-state index is 12.3. The van der Waals surface area contributed by atoms with Crippen molar-refractivity contribution in [1.29, 1.82) is 5.26 Å². The highest BCUT2D eigenvalue weighted by Gasteiger charge is 2.18. The lowest BCUT2D eigenvalue weighted by molar-refractivity contribution is 0.601. The Hall–Kier alpha value is -2.56. The summed E-state index contributed by atoms with van der Waals surface area (Å²) in [4.78, 5) is 0.0323. The molecule has 0 aromatic heterocycles. The summed E-state index contributed by atoms with van der Waals surface area (Å²) < 4.78 is 27.0. The molecule has 0 fully saturated rings. The maximum absolute atomic E-state index is 12.3. The van der Waals surface area contributed by atoms with Gasteiger partial charge in [0, 0.05) is 0 Å². The third kappa shape index (κ3) is 2.88. The van der Waals surface area contributed by atoms with Crippen LogP contribution in [-0.4, -0.2) is 8.42 Å². The molecule has 2 aromatic carbocycles. The minimum absolute atomic E-state index is 0.0323. The van der Waals surface area contributed by atoms with Gasteiger partial charge in [0.25, 0.3) is 10.0 Å². The summed E-state index contributed by atoms with van der Waals surface area (Å²) >= 11 is 0. The summed E-state index contributed by atoms with van der Waals surface area (Å²) in [6.07, 6.45) is 0. The smallest absolute Gasteiger partial charge is 0.264 e. The number of nitrogens with one attached hydrogen (secondary N) is 2. The number of nitrogens with two attached hydrogens (primary N) is 1. The highest BCUT2D eigenvalue weighted by atomic mass is 32.2. The van der Waals surface area contributed by atoms with Crippen LogP contribution in [0.1, 0.15) is 5.56 Å². The molecule has 0 spiro atoms. The fraction of sp³-hybridized carbons (Fsp3) is 0. The van der Waals surface area contributed by atoms with E-state index in [1.807, 2.05) is 6.07 Å². The Labute approximate surface area is 116 Å². The van der Waals surface area contributed by atoms with Crippen molar-refractivity contribution >= 4 is 21.4 Å². The van der Waals surface area contributed by atoms with Crippen molar-refractivity contribution in [2.24, 2.45) is 5.84 Å². The maximum Gasteiger partial charge on any atom is 0.264 e. The molecule has 6 nitrogen and oxygen atoms in total. The summed E-state index contributed by atoms with van der Waals surface area (Å²) in [5.74, 6) is 5.30. The van der Waals surface area contributed by atoms with Gasteiger partial charge in [-0.15, -0.1) is 0 Å². The first-order valence-corrected chi connectivity index (χ1v) is 7.14. The molecule has 0 saturated carbocycles. The molecule has 0 saturated heterocycles. The number of sulfonamides is 1. The van der Waals surface area contributed by atoms with Crippen LogP contribution in [0.3, 0.4) is 0 Å². The van der Waals surface area contributed by atoms with Crippen molar-refractivity contribution < 1.29 is 8.42 Å². The normalized spacial score (nSPS) is 10.6. The average Bonchev–Trinajstić information content (AvgIpc) is 2.47. The highest BCUT2D eigenvalue weighted by molar-refractivity contribution is 7.92. The molecule has 20 heavy (non-hydrogen) atoms. The number of nitrogen functional groups attached to an aromatic ring is 1. The first-order chi connectivity index (χ1) is 9.56. The predicted octanol–water partition coefficient (Wildman–Crippen LogP) is 1.64. The van der Waals surface area contributed by atoms with E-state index in [-0.39, 0.29) is 10.6 Å². The highest BCUT2D eigenvalue weighted by Crippen LogP contribution is 2.23. The van der Waals surface area contributed by atoms with Gasteiger partial charge in [-0.2, -0.15) is 5.26 Å². The average molecular weight is 288 g/mol. The molecular formula is C13H12N4O2S. The molecule has 0 radical (unpaired) electrons. The van der Waals surface area contributed by atoms with Crippen LogP contribution in [0.25, 0.3) is 0 Å². The molecule has 0 unspecified atom stereocenters. The second kappa shape index (κ2) is 5.61. The number of hydrazine groups is 1. The minimum Gasteiger partial charge on any atom is -0.323 e. The number of benzene rings is 2. The quantitative estimate of drug-likeness (QED) is 0.585. The zero-order valence-corrected chi connectivity index (χ0v) is 11.2. The molecule has 4 N–H and O–H groups in total. The number of para-hydroxylation sites is 1. The van der Waals surface area contributed by atoms with Gasteiger partial charge in [-0.1, -0.05) is 18.2 Å². The van der Waals surface area contributed by atoms with E-state index in [1.165, 1.54) is 12.1 Å². The molecule has 0 heterocycles. The molecule has 102 valence electrons. The van der Waals surface area contributed by atoms with Crippen LogP contribution in [-0.2, 0) is 10.0 Å². The van der Waals surface area contributed by atoms with Crippen LogP contribution in [0.5, 0.6) is 0 Å². The van der Waals surface area contributed by atoms with E-state index >= 15 is 0 Å². The molecule has 0 bridgehead atoms. The van der Waals surface area contributed by atoms with Crippen LogP contribution in [0.2, 0.25) is 0 Å². The monoisotopic (exact) mass is 288 g/mol. The molecular weight excluding hydrogens is 276 g/mol. The van der Waals surface area contributed by atoms with Crippen LogP contribution >= 0.6 is 0 Å². The zero-order valence-electron chi connectivity index (χ0n) is 10.4. The standard InChI is InChI=1S/C13H12N4O2S/c14-9-10-4-3-5-11(8-10)17-20(18,19)13-7-2-1-6-12(13)16-15/h1-8,16-17H,15H2. The second-order valence-electron chi connectivity index (χ2n) is 3.94. The summed E-state index contributed by atoms with van der Waals surface area (Å²) in [5.41, 5.74) is 3.31. The van der Waals surface area contributed by atoms with Gasteiger partial charge in [0.15, 0.2) is 0 Å². The van der Waals surface area contributed by atoms with Crippen LogP contribution < -0.4 is 16.0 Å². The Morgan fingerprint density at radius 1 is 1.10 bits per heavy atom.